The summed E-state index contributed by atoms with van der Waals surface area (Å²) in [5.74, 6) is 0.711. The van der Waals surface area contributed by atoms with Crippen molar-refractivity contribution in [2.75, 3.05) is 6.54 Å². The fraction of sp³-hybridized carbons (Fsp3) is 0.615. The quantitative estimate of drug-likeness (QED) is 0.759. The average Bonchev–Trinajstić information content (AvgIpc) is 2.77. The number of imidazole rings is 1. The molecule has 5 heteroatoms. The van der Waals surface area contributed by atoms with Crippen LogP contribution in [0.2, 0.25) is 0 Å². The van der Waals surface area contributed by atoms with Crippen molar-refractivity contribution < 1.29 is 9.59 Å². The lowest BCUT2D eigenvalue weighted by molar-refractivity contribution is -0.132. The van der Waals surface area contributed by atoms with Gasteiger partial charge in [-0.2, -0.15) is 0 Å². The lowest BCUT2D eigenvalue weighted by atomic mass is 10.1. The molecule has 2 heterocycles. The highest BCUT2D eigenvalue weighted by molar-refractivity contribution is 5.77. The highest BCUT2D eigenvalue weighted by Crippen LogP contribution is 2.17. The Morgan fingerprint density at radius 3 is 2.94 bits per heavy atom. The van der Waals surface area contributed by atoms with Crippen LogP contribution in [0.1, 0.15) is 42.9 Å². The van der Waals surface area contributed by atoms with E-state index >= 15 is 0 Å². The molecule has 98 valence electrons. The Kier molecular flexibility index (Phi) is 3.79. The van der Waals surface area contributed by atoms with Crippen LogP contribution in [0.5, 0.6) is 0 Å². The lowest BCUT2D eigenvalue weighted by Crippen LogP contribution is -2.38. The van der Waals surface area contributed by atoms with Crippen LogP contribution in [0.4, 0.5) is 0 Å². The highest BCUT2D eigenvalue weighted by atomic mass is 16.2. The minimum atomic E-state index is 0.174. The van der Waals surface area contributed by atoms with Gasteiger partial charge in [0.05, 0.1) is 18.6 Å². The topological polar surface area (TPSA) is 55.2 Å². The molecule has 0 spiro atoms. The van der Waals surface area contributed by atoms with Gasteiger partial charge in [-0.25, -0.2) is 4.98 Å². The Balaban J connectivity index is 2.02. The van der Waals surface area contributed by atoms with Crippen LogP contribution in [-0.4, -0.2) is 33.2 Å². The van der Waals surface area contributed by atoms with E-state index in [-0.39, 0.29) is 5.91 Å². The molecule has 2 rings (SSSR count). The number of carbonyl (C=O) groups excluding carboxylic acids is 2. The second-order valence-electron chi connectivity index (χ2n) is 5.14. The number of nitrogens with zero attached hydrogens (tertiary/aromatic N) is 3. The third-order valence-electron chi connectivity index (χ3n) is 3.33. The van der Waals surface area contributed by atoms with Gasteiger partial charge in [-0.15, -0.1) is 0 Å². The first-order valence-electron chi connectivity index (χ1n) is 6.38. The van der Waals surface area contributed by atoms with Crippen molar-refractivity contribution in [3.8, 4) is 0 Å². The predicted molar refractivity (Wildman–Crippen MR) is 67.1 cm³/mol. The van der Waals surface area contributed by atoms with Gasteiger partial charge in [-0.3, -0.25) is 9.59 Å². The number of amides is 1. The van der Waals surface area contributed by atoms with E-state index in [1.165, 1.54) is 0 Å². The molecule has 1 amide bonds. The van der Waals surface area contributed by atoms with Crippen LogP contribution in [0.15, 0.2) is 6.33 Å². The minimum Gasteiger partial charge on any atom is -0.335 e. The fourth-order valence-electron chi connectivity index (χ4n) is 2.16. The molecule has 18 heavy (non-hydrogen) atoms. The first-order chi connectivity index (χ1) is 8.61. The summed E-state index contributed by atoms with van der Waals surface area (Å²) in [6.45, 7) is 6.17. The largest absolute Gasteiger partial charge is 0.335 e. The first kappa shape index (κ1) is 12.8. The van der Waals surface area contributed by atoms with Crippen LogP contribution in [-0.2, 0) is 17.9 Å². The zero-order valence-electron chi connectivity index (χ0n) is 10.9. The fourth-order valence-corrected chi connectivity index (χ4v) is 2.16. The van der Waals surface area contributed by atoms with Crippen molar-refractivity contribution >= 4 is 12.2 Å². The van der Waals surface area contributed by atoms with E-state index in [0.717, 1.165) is 24.9 Å². The number of aldehydes is 1. The average molecular weight is 249 g/mol. The Bertz CT molecular complexity index is 451. The molecule has 0 saturated carbocycles. The number of aromatic nitrogens is 2. The van der Waals surface area contributed by atoms with Gasteiger partial charge in [0.15, 0.2) is 6.29 Å². The molecule has 0 bridgehead atoms. The van der Waals surface area contributed by atoms with Gasteiger partial charge in [0.2, 0.25) is 5.91 Å². The van der Waals surface area contributed by atoms with Crippen LogP contribution in [0, 0.1) is 5.92 Å². The smallest absolute Gasteiger partial charge is 0.222 e. The van der Waals surface area contributed by atoms with Gasteiger partial charge >= 0.3 is 0 Å². The predicted octanol–water partition coefficient (Wildman–Crippen LogP) is 1.47. The summed E-state index contributed by atoms with van der Waals surface area (Å²) in [5, 5.41) is 0. The molecule has 1 aromatic heterocycles. The Labute approximate surface area is 107 Å². The van der Waals surface area contributed by atoms with Crippen molar-refractivity contribution in [3.05, 3.63) is 17.7 Å². The molecule has 0 fully saturated rings. The molecule has 0 unspecified atom stereocenters. The van der Waals surface area contributed by atoms with Gasteiger partial charge in [-0.1, -0.05) is 13.8 Å². The Hall–Kier alpha value is -1.65. The molecule has 1 aliphatic rings. The van der Waals surface area contributed by atoms with Gasteiger partial charge in [-0.05, 0) is 12.3 Å². The summed E-state index contributed by atoms with van der Waals surface area (Å²) >= 11 is 0. The normalized spacial score (nSPS) is 14.7. The molecule has 0 N–H and O–H groups in total. The van der Waals surface area contributed by atoms with Gasteiger partial charge in [0, 0.05) is 19.5 Å². The van der Waals surface area contributed by atoms with Crippen molar-refractivity contribution in [2.24, 2.45) is 5.92 Å². The Morgan fingerprint density at radius 2 is 2.28 bits per heavy atom. The molecule has 0 aliphatic carbocycles. The van der Waals surface area contributed by atoms with E-state index in [2.05, 4.69) is 18.8 Å². The molecular weight excluding hydrogens is 230 g/mol. The van der Waals surface area contributed by atoms with E-state index in [4.69, 9.17) is 0 Å². The van der Waals surface area contributed by atoms with Gasteiger partial charge in [0.1, 0.15) is 5.69 Å². The molecule has 0 radical (unpaired) electrons. The zero-order chi connectivity index (χ0) is 13.1. The van der Waals surface area contributed by atoms with Crippen LogP contribution >= 0.6 is 0 Å². The summed E-state index contributed by atoms with van der Waals surface area (Å²) in [4.78, 5) is 28.8. The number of carbonyl (C=O) groups is 2. The number of hydrogen-bond donors (Lipinski definition) is 0. The maximum atomic E-state index is 12.0. The molecule has 0 atom stereocenters. The Morgan fingerprint density at radius 1 is 1.50 bits per heavy atom. The lowest BCUT2D eigenvalue weighted by Gasteiger charge is -2.28. The molecule has 0 saturated heterocycles. The van der Waals surface area contributed by atoms with E-state index in [1.807, 2.05) is 9.47 Å². The van der Waals surface area contributed by atoms with E-state index < -0.39 is 0 Å². The maximum Gasteiger partial charge on any atom is 0.222 e. The maximum absolute atomic E-state index is 12.0. The summed E-state index contributed by atoms with van der Waals surface area (Å²) in [6, 6.07) is 0. The monoisotopic (exact) mass is 249 g/mol. The van der Waals surface area contributed by atoms with Crippen LogP contribution in [0.3, 0.4) is 0 Å². The van der Waals surface area contributed by atoms with Crippen LogP contribution < -0.4 is 0 Å². The first-order valence-corrected chi connectivity index (χ1v) is 6.38. The third kappa shape index (κ3) is 2.60. The second-order valence-corrected chi connectivity index (χ2v) is 5.14. The summed E-state index contributed by atoms with van der Waals surface area (Å²) in [6.07, 6.45) is 3.93. The summed E-state index contributed by atoms with van der Waals surface area (Å²) in [5.41, 5.74) is 1.31. The SMILES string of the molecule is CC(C)CCC(=O)N1CCn2cnc(C=O)c2C1. The minimum absolute atomic E-state index is 0.174. The summed E-state index contributed by atoms with van der Waals surface area (Å²) in [7, 11) is 0. The molecule has 0 aromatic carbocycles. The zero-order valence-corrected chi connectivity index (χ0v) is 10.9. The van der Waals surface area contributed by atoms with E-state index in [0.29, 0.717) is 31.1 Å². The highest BCUT2D eigenvalue weighted by Gasteiger charge is 2.23. The summed E-state index contributed by atoms with van der Waals surface area (Å²) < 4.78 is 1.95. The van der Waals surface area contributed by atoms with E-state index in [9.17, 15) is 9.59 Å². The number of fused-ring (bicyclic) bond motifs is 1. The van der Waals surface area contributed by atoms with Gasteiger partial charge in [0.25, 0.3) is 0 Å². The number of hydrogen-bond acceptors (Lipinski definition) is 3. The van der Waals surface area contributed by atoms with Crippen molar-refractivity contribution in [1.82, 2.24) is 14.5 Å². The van der Waals surface area contributed by atoms with Crippen molar-refractivity contribution in [3.63, 3.8) is 0 Å². The van der Waals surface area contributed by atoms with Crippen molar-refractivity contribution in [1.29, 1.82) is 0 Å². The molecule has 5 nitrogen and oxygen atoms in total. The van der Waals surface area contributed by atoms with Crippen LogP contribution in [0.25, 0.3) is 0 Å². The molecule has 1 aromatic rings. The van der Waals surface area contributed by atoms with Crippen molar-refractivity contribution in [2.45, 2.75) is 39.8 Å². The molecular formula is C13H19N3O2. The number of rotatable bonds is 4. The van der Waals surface area contributed by atoms with E-state index in [1.54, 1.807) is 6.33 Å². The molecule has 1 aliphatic heterocycles. The van der Waals surface area contributed by atoms with Gasteiger partial charge < -0.3 is 9.47 Å². The third-order valence-corrected chi connectivity index (χ3v) is 3.33. The second kappa shape index (κ2) is 5.33. The standard InChI is InChI=1S/C13H19N3O2/c1-10(2)3-4-13(18)15-5-6-16-9-14-11(8-17)12(16)7-15/h8-10H,3-7H2,1-2H3.